The summed E-state index contributed by atoms with van der Waals surface area (Å²) in [7, 11) is 0. The van der Waals surface area contributed by atoms with Crippen LogP contribution in [0.4, 0.5) is 5.69 Å². The van der Waals surface area contributed by atoms with Gasteiger partial charge in [-0.05, 0) is 37.3 Å². The van der Waals surface area contributed by atoms with Crippen LogP contribution in [0.2, 0.25) is 5.02 Å². The number of hydrogen-bond acceptors (Lipinski definition) is 3. The topological polar surface area (TPSA) is 59.1 Å². The maximum Gasteiger partial charge on any atom is 0.274 e. The van der Waals surface area contributed by atoms with Crippen molar-refractivity contribution in [3.05, 3.63) is 58.9 Å². The number of amides is 1. The fourth-order valence-electron chi connectivity index (χ4n) is 1.60. The van der Waals surface area contributed by atoms with Crippen molar-refractivity contribution in [2.45, 2.75) is 6.92 Å². The maximum absolute atomic E-state index is 12.0. The van der Waals surface area contributed by atoms with Gasteiger partial charge in [-0.2, -0.15) is 0 Å². The minimum absolute atomic E-state index is 0.168. The van der Waals surface area contributed by atoms with E-state index in [-0.39, 0.29) is 17.4 Å². The van der Waals surface area contributed by atoms with Crippen LogP contribution in [0.25, 0.3) is 0 Å². The number of halogens is 1. The summed E-state index contributed by atoms with van der Waals surface area (Å²) in [6.45, 7) is 1.42. The number of benzene rings is 1. The predicted octanol–water partition coefficient (Wildman–Crippen LogP) is 3.19. The zero-order valence-corrected chi connectivity index (χ0v) is 10.9. The Morgan fingerprint density at radius 2 is 2.00 bits per heavy atom. The first-order chi connectivity index (χ1) is 9.08. The van der Waals surface area contributed by atoms with Crippen molar-refractivity contribution in [1.82, 2.24) is 4.98 Å². The Balaban J connectivity index is 2.29. The van der Waals surface area contributed by atoms with Gasteiger partial charge in [-0.15, -0.1) is 0 Å². The number of nitrogens with zero attached hydrogens (tertiary/aromatic N) is 1. The molecule has 1 N–H and O–H groups in total. The molecule has 4 nitrogen and oxygen atoms in total. The number of hydrogen-bond donors (Lipinski definition) is 1. The van der Waals surface area contributed by atoms with E-state index in [1.165, 1.54) is 19.2 Å². The fourth-order valence-corrected chi connectivity index (χ4v) is 1.77. The number of Topliss-reactive ketones (excluding diaryl/α,β-unsaturated/α-hetero) is 1. The molecule has 1 aromatic carbocycles. The van der Waals surface area contributed by atoms with Crippen molar-refractivity contribution < 1.29 is 9.59 Å². The molecule has 0 bridgehead atoms. The zero-order valence-electron chi connectivity index (χ0n) is 10.2. The third-order valence-corrected chi connectivity index (χ3v) is 2.74. The second-order valence-corrected chi connectivity index (χ2v) is 4.35. The molecule has 19 heavy (non-hydrogen) atoms. The third kappa shape index (κ3) is 3.17. The molecule has 0 spiro atoms. The molecule has 5 heteroatoms. The number of nitrogens with one attached hydrogen (secondary N) is 1. The van der Waals surface area contributed by atoms with E-state index in [1.54, 1.807) is 30.3 Å². The Bertz CT molecular complexity index is 627. The van der Waals surface area contributed by atoms with Crippen LogP contribution in [0.3, 0.4) is 0 Å². The first-order valence-electron chi connectivity index (χ1n) is 5.61. The minimum atomic E-state index is -0.370. The molecule has 0 aliphatic heterocycles. The standard InChI is InChI=1S/C14H11ClN2O2/c1-9(18)11-8-10(15)5-6-12(11)17-14(19)13-4-2-3-7-16-13/h2-8H,1H3,(H,17,19). The van der Waals surface area contributed by atoms with Crippen LogP contribution in [-0.2, 0) is 0 Å². The predicted molar refractivity (Wildman–Crippen MR) is 73.6 cm³/mol. The second-order valence-electron chi connectivity index (χ2n) is 3.92. The Morgan fingerprint density at radius 1 is 1.21 bits per heavy atom. The largest absolute Gasteiger partial charge is 0.320 e. The Labute approximate surface area is 115 Å². The monoisotopic (exact) mass is 274 g/mol. The van der Waals surface area contributed by atoms with Gasteiger partial charge >= 0.3 is 0 Å². The molecule has 0 saturated carbocycles. The van der Waals surface area contributed by atoms with Crippen molar-refractivity contribution >= 4 is 29.0 Å². The van der Waals surface area contributed by atoms with E-state index in [0.717, 1.165) is 0 Å². The lowest BCUT2D eigenvalue weighted by Gasteiger charge is -2.09. The summed E-state index contributed by atoms with van der Waals surface area (Å²) in [5, 5.41) is 3.10. The third-order valence-electron chi connectivity index (χ3n) is 2.51. The van der Waals surface area contributed by atoms with Gasteiger partial charge < -0.3 is 5.32 Å². The highest BCUT2D eigenvalue weighted by Gasteiger charge is 2.12. The quantitative estimate of drug-likeness (QED) is 0.875. The molecular weight excluding hydrogens is 264 g/mol. The Morgan fingerprint density at radius 3 is 2.63 bits per heavy atom. The van der Waals surface area contributed by atoms with Gasteiger partial charge in [0.15, 0.2) is 5.78 Å². The van der Waals surface area contributed by atoms with Crippen LogP contribution < -0.4 is 5.32 Å². The van der Waals surface area contributed by atoms with Crippen molar-refractivity contribution in [2.24, 2.45) is 0 Å². The number of aromatic nitrogens is 1. The van der Waals surface area contributed by atoms with Crippen molar-refractivity contribution in [3.63, 3.8) is 0 Å². The zero-order chi connectivity index (χ0) is 13.8. The van der Waals surface area contributed by atoms with Gasteiger partial charge in [0.2, 0.25) is 0 Å². The maximum atomic E-state index is 12.0. The summed E-state index contributed by atoms with van der Waals surface area (Å²) in [5.41, 5.74) is 1.08. The molecule has 0 unspecified atom stereocenters. The summed E-state index contributed by atoms with van der Waals surface area (Å²) in [6.07, 6.45) is 1.53. The molecule has 0 aliphatic rings. The lowest BCUT2D eigenvalue weighted by atomic mass is 10.1. The summed E-state index contributed by atoms with van der Waals surface area (Å²) in [4.78, 5) is 27.4. The van der Waals surface area contributed by atoms with Crippen LogP contribution >= 0.6 is 11.6 Å². The average Bonchev–Trinajstić information content (AvgIpc) is 2.41. The Kier molecular flexibility index (Phi) is 3.92. The number of rotatable bonds is 3. The van der Waals surface area contributed by atoms with E-state index in [1.807, 2.05) is 0 Å². The molecule has 0 atom stereocenters. The van der Waals surface area contributed by atoms with Crippen LogP contribution in [-0.4, -0.2) is 16.7 Å². The van der Waals surface area contributed by atoms with E-state index >= 15 is 0 Å². The van der Waals surface area contributed by atoms with Gasteiger partial charge in [-0.3, -0.25) is 14.6 Å². The van der Waals surface area contributed by atoms with Crippen molar-refractivity contribution in [3.8, 4) is 0 Å². The van der Waals surface area contributed by atoms with Gasteiger partial charge in [0.25, 0.3) is 5.91 Å². The molecule has 0 saturated heterocycles. The van der Waals surface area contributed by atoms with Crippen LogP contribution in [0.5, 0.6) is 0 Å². The molecule has 1 amide bonds. The van der Waals surface area contributed by atoms with E-state index in [2.05, 4.69) is 10.3 Å². The second kappa shape index (κ2) is 5.63. The molecule has 0 radical (unpaired) electrons. The van der Waals surface area contributed by atoms with Gasteiger partial charge in [-0.1, -0.05) is 17.7 Å². The summed E-state index contributed by atoms with van der Waals surface area (Å²) >= 11 is 5.84. The fraction of sp³-hybridized carbons (Fsp3) is 0.0714. The number of carbonyl (C=O) groups is 2. The molecular formula is C14H11ClN2O2. The lowest BCUT2D eigenvalue weighted by molar-refractivity contribution is 0.101. The van der Waals surface area contributed by atoms with E-state index in [4.69, 9.17) is 11.6 Å². The lowest BCUT2D eigenvalue weighted by Crippen LogP contribution is -2.15. The molecule has 96 valence electrons. The number of ketones is 1. The van der Waals surface area contributed by atoms with Crippen molar-refractivity contribution in [2.75, 3.05) is 5.32 Å². The summed E-state index contributed by atoms with van der Waals surface area (Å²) in [6, 6.07) is 9.77. The van der Waals surface area contributed by atoms with Gasteiger partial charge in [0.1, 0.15) is 5.69 Å². The van der Waals surface area contributed by atoms with Crippen molar-refractivity contribution in [1.29, 1.82) is 0 Å². The van der Waals surface area contributed by atoms with E-state index in [0.29, 0.717) is 16.3 Å². The normalized spacial score (nSPS) is 10.0. The van der Waals surface area contributed by atoms with Gasteiger partial charge in [0, 0.05) is 16.8 Å². The highest BCUT2D eigenvalue weighted by Crippen LogP contribution is 2.21. The van der Waals surface area contributed by atoms with Crippen LogP contribution in [0.15, 0.2) is 42.6 Å². The number of carbonyl (C=O) groups excluding carboxylic acids is 2. The smallest absolute Gasteiger partial charge is 0.274 e. The molecule has 1 heterocycles. The number of pyridine rings is 1. The highest BCUT2D eigenvalue weighted by atomic mass is 35.5. The molecule has 2 aromatic rings. The van der Waals surface area contributed by atoms with E-state index < -0.39 is 0 Å². The number of anilines is 1. The van der Waals surface area contributed by atoms with Gasteiger partial charge in [-0.25, -0.2) is 0 Å². The Hall–Kier alpha value is -2.20. The molecule has 2 rings (SSSR count). The van der Waals surface area contributed by atoms with Crippen LogP contribution in [0.1, 0.15) is 27.8 Å². The van der Waals surface area contributed by atoms with Crippen LogP contribution in [0, 0.1) is 0 Å². The van der Waals surface area contributed by atoms with Gasteiger partial charge in [0.05, 0.1) is 5.69 Å². The molecule has 1 aromatic heterocycles. The summed E-state index contributed by atoms with van der Waals surface area (Å²) < 4.78 is 0. The summed E-state index contributed by atoms with van der Waals surface area (Å²) in [5.74, 6) is -0.538. The molecule has 0 aliphatic carbocycles. The average molecular weight is 275 g/mol. The van der Waals surface area contributed by atoms with E-state index in [9.17, 15) is 9.59 Å². The minimum Gasteiger partial charge on any atom is -0.320 e. The SMILES string of the molecule is CC(=O)c1cc(Cl)ccc1NC(=O)c1ccccn1. The molecule has 0 fully saturated rings. The highest BCUT2D eigenvalue weighted by molar-refractivity contribution is 6.31. The first kappa shape index (κ1) is 13.2. The first-order valence-corrected chi connectivity index (χ1v) is 5.98.